The fourth-order valence-corrected chi connectivity index (χ4v) is 2.01. The Morgan fingerprint density at radius 2 is 1.40 bits per heavy atom. The number of aliphatic hydroxyl groups excluding tert-OH is 1. The minimum atomic E-state index is -0.632. The molecule has 1 saturated carbocycles. The van der Waals surface area contributed by atoms with Crippen LogP contribution in [0, 0.1) is 11.8 Å². The van der Waals surface area contributed by atoms with Crippen LogP contribution in [-0.2, 0) is 19.1 Å². The van der Waals surface area contributed by atoms with E-state index in [-0.39, 0.29) is 11.9 Å². The van der Waals surface area contributed by atoms with Crippen LogP contribution in [0.25, 0.3) is 0 Å². The van der Waals surface area contributed by atoms with Gasteiger partial charge in [0.15, 0.2) is 0 Å². The molecule has 15 heavy (non-hydrogen) atoms. The number of esters is 2. The van der Waals surface area contributed by atoms with Crippen molar-refractivity contribution < 1.29 is 24.2 Å². The maximum absolute atomic E-state index is 11.3. The van der Waals surface area contributed by atoms with Crippen molar-refractivity contribution in [2.45, 2.75) is 25.4 Å². The third-order valence-electron chi connectivity index (χ3n) is 2.75. The zero-order valence-corrected chi connectivity index (χ0v) is 8.93. The molecule has 1 fully saturated rings. The van der Waals surface area contributed by atoms with Crippen molar-refractivity contribution in [2.24, 2.45) is 11.8 Å². The minimum Gasteiger partial charge on any atom is -0.469 e. The summed E-state index contributed by atoms with van der Waals surface area (Å²) in [5.41, 5.74) is 0. The zero-order chi connectivity index (χ0) is 11.4. The van der Waals surface area contributed by atoms with Gasteiger partial charge in [0.2, 0.25) is 0 Å². The third-order valence-corrected chi connectivity index (χ3v) is 2.75. The zero-order valence-electron chi connectivity index (χ0n) is 8.93. The van der Waals surface area contributed by atoms with Crippen molar-refractivity contribution in [1.29, 1.82) is 0 Å². The van der Waals surface area contributed by atoms with Crippen molar-refractivity contribution in [3.63, 3.8) is 0 Å². The van der Waals surface area contributed by atoms with E-state index in [2.05, 4.69) is 9.47 Å². The lowest BCUT2D eigenvalue weighted by atomic mass is 9.80. The van der Waals surface area contributed by atoms with Gasteiger partial charge in [0.1, 0.15) is 0 Å². The predicted molar refractivity (Wildman–Crippen MR) is 50.9 cm³/mol. The highest BCUT2D eigenvalue weighted by Gasteiger charge is 2.36. The first-order valence-corrected chi connectivity index (χ1v) is 4.92. The van der Waals surface area contributed by atoms with Crippen LogP contribution in [0.15, 0.2) is 0 Å². The molecule has 1 aliphatic rings. The molecule has 1 aliphatic carbocycles. The minimum absolute atomic E-state index is 0.361. The van der Waals surface area contributed by atoms with Crippen molar-refractivity contribution in [3.8, 4) is 0 Å². The van der Waals surface area contributed by atoms with E-state index in [9.17, 15) is 14.7 Å². The summed E-state index contributed by atoms with van der Waals surface area (Å²) in [4.78, 5) is 22.6. The summed E-state index contributed by atoms with van der Waals surface area (Å²) in [6, 6.07) is 0. The van der Waals surface area contributed by atoms with Gasteiger partial charge in [-0.15, -0.1) is 0 Å². The molecule has 2 unspecified atom stereocenters. The van der Waals surface area contributed by atoms with E-state index < -0.39 is 17.9 Å². The highest BCUT2D eigenvalue weighted by molar-refractivity contribution is 5.76. The van der Waals surface area contributed by atoms with E-state index in [1.807, 2.05) is 0 Å². The molecule has 0 aliphatic heterocycles. The first-order chi connectivity index (χ1) is 7.08. The summed E-state index contributed by atoms with van der Waals surface area (Å²) in [5, 5.41) is 9.52. The lowest BCUT2D eigenvalue weighted by molar-refractivity contribution is -0.154. The number of hydrogen-bond acceptors (Lipinski definition) is 5. The molecule has 0 saturated heterocycles. The Balaban J connectivity index is 2.63. The van der Waals surface area contributed by atoms with Crippen LogP contribution in [0.5, 0.6) is 0 Å². The molecule has 5 nitrogen and oxygen atoms in total. The summed E-state index contributed by atoms with van der Waals surface area (Å²) in [6.07, 6.45) is 0.489. The predicted octanol–water partition coefficient (Wildman–Crippen LogP) is 0.110. The Morgan fingerprint density at radius 1 is 1.00 bits per heavy atom. The molecule has 1 N–H and O–H groups in total. The third kappa shape index (κ3) is 2.92. The van der Waals surface area contributed by atoms with Crippen molar-refractivity contribution >= 4 is 11.9 Å². The van der Waals surface area contributed by atoms with E-state index in [1.165, 1.54) is 14.2 Å². The molecular formula is C10H16O5. The van der Waals surface area contributed by atoms with Gasteiger partial charge in [0.05, 0.1) is 32.2 Å². The Labute approximate surface area is 88.4 Å². The largest absolute Gasteiger partial charge is 0.469 e. The van der Waals surface area contributed by atoms with Gasteiger partial charge in [-0.2, -0.15) is 0 Å². The van der Waals surface area contributed by atoms with Gasteiger partial charge in [-0.3, -0.25) is 9.59 Å². The second kappa shape index (κ2) is 5.11. The first-order valence-electron chi connectivity index (χ1n) is 4.92. The molecule has 0 aromatic rings. The fraction of sp³-hybridized carbons (Fsp3) is 0.800. The highest BCUT2D eigenvalue weighted by atomic mass is 16.5. The van der Waals surface area contributed by atoms with Crippen LogP contribution in [-0.4, -0.2) is 37.4 Å². The monoisotopic (exact) mass is 216 g/mol. The maximum atomic E-state index is 11.3. The van der Waals surface area contributed by atoms with Crippen LogP contribution in [0.2, 0.25) is 0 Å². The topological polar surface area (TPSA) is 72.8 Å². The quantitative estimate of drug-likeness (QED) is 0.663. The maximum Gasteiger partial charge on any atom is 0.308 e. The number of rotatable bonds is 2. The summed E-state index contributed by atoms with van der Waals surface area (Å²) >= 11 is 0. The second-order valence-corrected chi connectivity index (χ2v) is 3.80. The number of methoxy groups -OCH3 is 2. The average molecular weight is 216 g/mol. The molecule has 86 valence electrons. The summed E-state index contributed by atoms with van der Waals surface area (Å²) in [5.74, 6) is -1.55. The number of aliphatic hydroxyl groups is 1. The van der Waals surface area contributed by atoms with E-state index in [0.29, 0.717) is 19.3 Å². The van der Waals surface area contributed by atoms with Crippen molar-refractivity contribution in [1.82, 2.24) is 0 Å². The van der Waals surface area contributed by atoms with Gasteiger partial charge < -0.3 is 14.6 Å². The first kappa shape index (κ1) is 12.0. The van der Waals surface area contributed by atoms with Crippen molar-refractivity contribution in [3.05, 3.63) is 0 Å². The summed E-state index contributed by atoms with van der Waals surface area (Å²) < 4.78 is 9.20. The van der Waals surface area contributed by atoms with E-state index >= 15 is 0 Å². The SMILES string of the molecule is COC(=O)C1CC(O)CC(C(=O)OC)C1. The molecular weight excluding hydrogens is 200 g/mol. The molecule has 2 atom stereocenters. The average Bonchev–Trinajstić information content (AvgIpc) is 2.26. The Morgan fingerprint density at radius 3 is 1.73 bits per heavy atom. The molecule has 0 bridgehead atoms. The lowest BCUT2D eigenvalue weighted by Crippen LogP contribution is -2.35. The lowest BCUT2D eigenvalue weighted by Gasteiger charge is -2.29. The number of carbonyl (C=O) groups excluding carboxylic acids is 2. The Kier molecular flexibility index (Phi) is 4.08. The van der Waals surface area contributed by atoms with Gasteiger partial charge in [-0.1, -0.05) is 0 Å². The highest BCUT2D eigenvalue weighted by Crippen LogP contribution is 2.30. The molecule has 0 heterocycles. The summed E-state index contributed by atoms with van der Waals surface area (Å²) in [6.45, 7) is 0. The fourth-order valence-electron chi connectivity index (χ4n) is 2.01. The van der Waals surface area contributed by atoms with Crippen LogP contribution in [0.1, 0.15) is 19.3 Å². The second-order valence-electron chi connectivity index (χ2n) is 3.80. The molecule has 1 rings (SSSR count). The normalized spacial score (nSPS) is 30.7. The van der Waals surface area contributed by atoms with Crippen LogP contribution >= 0.6 is 0 Å². The van der Waals surface area contributed by atoms with Crippen LogP contribution in [0.4, 0.5) is 0 Å². The summed E-state index contributed by atoms with van der Waals surface area (Å²) in [7, 11) is 2.60. The molecule has 0 spiro atoms. The van der Waals surface area contributed by atoms with Gasteiger partial charge in [0, 0.05) is 0 Å². The molecule has 0 aromatic heterocycles. The molecule has 5 heteroatoms. The van der Waals surface area contributed by atoms with Gasteiger partial charge in [-0.25, -0.2) is 0 Å². The van der Waals surface area contributed by atoms with Crippen molar-refractivity contribution in [2.75, 3.05) is 14.2 Å². The molecule has 0 amide bonds. The molecule has 0 aromatic carbocycles. The molecule has 0 radical (unpaired) electrons. The van der Waals surface area contributed by atoms with Gasteiger partial charge >= 0.3 is 11.9 Å². The van der Waals surface area contributed by atoms with E-state index in [1.54, 1.807) is 0 Å². The smallest absolute Gasteiger partial charge is 0.308 e. The van der Waals surface area contributed by atoms with Gasteiger partial charge in [-0.05, 0) is 19.3 Å². The number of ether oxygens (including phenoxy) is 2. The van der Waals surface area contributed by atoms with Crippen LogP contribution < -0.4 is 0 Å². The number of carbonyl (C=O) groups is 2. The van der Waals surface area contributed by atoms with E-state index in [4.69, 9.17) is 0 Å². The van der Waals surface area contributed by atoms with E-state index in [0.717, 1.165) is 0 Å². The van der Waals surface area contributed by atoms with Gasteiger partial charge in [0.25, 0.3) is 0 Å². The Hall–Kier alpha value is -1.10. The standard InChI is InChI=1S/C10H16O5/c1-14-9(12)6-3-7(10(13)15-2)5-8(11)4-6/h6-8,11H,3-5H2,1-2H3. The van der Waals surface area contributed by atoms with Crippen LogP contribution in [0.3, 0.4) is 0 Å². The Bertz CT molecular complexity index is 226. The number of hydrogen-bond donors (Lipinski definition) is 1.